The quantitative estimate of drug-likeness (QED) is 0.861. The van der Waals surface area contributed by atoms with Crippen LogP contribution in [-0.2, 0) is 14.4 Å². The van der Waals surface area contributed by atoms with Crippen LogP contribution in [0.25, 0.3) is 0 Å². The zero-order valence-electron chi connectivity index (χ0n) is 13.6. The van der Waals surface area contributed by atoms with Gasteiger partial charge in [-0.2, -0.15) is 0 Å². The Balaban J connectivity index is 1.62. The van der Waals surface area contributed by atoms with E-state index in [0.29, 0.717) is 6.42 Å². The van der Waals surface area contributed by atoms with Crippen molar-refractivity contribution in [3.05, 3.63) is 66.2 Å². The summed E-state index contributed by atoms with van der Waals surface area (Å²) in [6.45, 7) is 0.515. The molecule has 2 heterocycles. The lowest BCUT2D eigenvalue weighted by molar-refractivity contribution is -0.137. The fraction of sp³-hybridized carbons (Fsp3) is 0.263. The van der Waals surface area contributed by atoms with Crippen LogP contribution in [-0.4, -0.2) is 36.2 Å². The summed E-state index contributed by atoms with van der Waals surface area (Å²) in [5.74, 6) is -0.345. The van der Waals surface area contributed by atoms with Gasteiger partial charge in [-0.1, -0.05) is 48.5 Å². The van der Waals surface area contributed by atoms with Crippen LogP contribution < -0.4 is 5.06 Å². The lowest BCUT2D eigenvalue weighted by Crippen LogP contribution is -2.40. The van der Waals surface area contributed by atoms with E-state index < -0.39 is 12.2 Å². The molecule has 2 amide bonds. The number of anilines is 1. The van der Waals surface area contributed by atoms with Crippen LogP contribution in [0.4, 0.5) is 10.5 Å². The number of carbonyl (C=O) groups is 2. The Kier molecular flexibility index (Phi) is 4.11. The molecule has 0 aromatic heterocycles. The fourth-order valence-corrected chi connectivity index (χ4v) is 3.23. The monoisotopic (exact) mass is 338 g/mol. The number of cyclic esters (lactones) is 1. The average molecular weight is 338 g/mol. The van der Waals surface area contributed by atoms with Gasteiger partial charge in [0.25, 0.3) is 5.91 Å². The molecule has 2 aromatic rings. The summed E-state index contributed by atoms with van der Waals surface area (Å²) in [5.41, 5.74) is 1.93. The molecule has 128 valence electrons. The standard InChI is InChI=1S/C19H18N2O4/c22-18(20-11-12-24-19(20)23)17-13-16(14-7-3-1-4-8-14)21(25-17)15-9-5-2-6-10-15/h1-10,16-17H,11-13H2/t16-,17-/m0/s1. The van der Waals surface area contributed by atoms with Crippen molar-refractivity contribution in [2.75, 3.05) is 18.2 Å². The van der Waals surface area contributed by atoms with E-state index in [1.54, 1.807) is 5.06 Å². The Labute approximate surface area is 145 Å². The highest BCUT2D eigenvalue weighted by Crippen LogP contribution is 2.38. The molecule has 2 aromatic carbocycles. The van der Waals surface area contributed by atoms with Crippen molar-refractivity contribution in [2.24, 2.45) is 0 Å². The largest absolute Gasteiger partial charge is 0.447 e. The maximum absolute atomic E-state index is 12.7. The average Bonchev–Trinajstić information content (AvgIpc) is 3.29. The summed E-state index contributed by atoms with van der Waals surface area (Å²) in [6, 6.07) is 19.5. The van der Waals surface area contributed by atoms with Crippen LogP contribution in [0, 0.1) is 0 Å². The lowest BCUT2D eigenvalue weighted by atomic mass is 10.0. The summed E-state index contributed by atoms with van der Waals surface area (Å²) in [5, 5.41) is 1.76. The molecule has 0 spiro atoms. The van der Waals surface area contributed by atoms with Crippen LogP contribution in [0.5, 0.6) is 0 Å². The molecule has 2 aliphatic heterocycles. The van der Waals surface area contributed by atoms with Gasteiger partial charge in [0.15, 0.2) is 6.10 Å². The van der Waals surface area contributed by atoms with E-state index in [0.717, 1.165) is 16.2 Å². The molecule has 4 rings (SSSR count). The summed E-state index contributed by atoms with van der Waals surface area (Å²) in [4.78, 5) is 31.5. The maximum atomic E-state index is 12.7. The number of nitrogens with zero attached hydrogens (tertiary/aromatic N) is 2. The molecular weight excluding hydrogens is 320 g/mol. The van der Waals surface area contributed by atoms with Crippen LogP contribution >= 0.6 is 0 Å². The number of para-hydroxylation sites is 1. The molecule has 6 heteroatoms. The van der Waals surface area contributed by atoms with Crippen molar-refractivity contribution in [3.63, 3.8) is 0 Å². The smallest absolute Gasteiger partial charge is 0.416 e. The molecular formula is C19H18N2O4. The van der Waals surface area contributed by atoms with Gasteiger partial charge in [0.05, 0.1) is 18.3 Å². The number of ether oxygens (including phenoxy) is 1. The highest BCUT2D eigenvalue weighted by atomic mass is 16.7. The van der Waals surface area contributed by atoms with E-state index >= 15 is 0 Å². The molecule has 6 nitrogen and oxygen atoms in total. The van der Waals surface area contributed by atoms with Crippen LogP contribution in [0.15, 0.2) is 60.7 Å². The van der Waals surface area contributed by atoms with Gasteiger partial charge < -0.3 is 4.74 Å². The van der Waals surface area contributed by atoms with Crippen LogP contribution in [0.3, 0.4) is 0 Å². The summed E-state index contributed by atoms with van der Waals surface area (Å²) < 4.78 is 4.87. The number of imide groups is 1. The summed E-state index contributed by atoms with van der Waals surface area (Å²) in [7, 11) is 0. The van der Waals surface area contributed by atoms with Crippen molar-refractivity contribution >= 4 is 17.7 Å². The van der Waals surface area contributed by atoms with Gasteiger partial charge in [-0.05, 0) is 17.7 Å². The first-order chi connectivity index (χ1) is 12.2. The Morgan fingerprint density at radius 1 is 1.00 bits per heavy atom. The predicted octanol–water partition coefficient (Wildman–Crippen LogP) is 2.92. The first kappa shape index (κ1) is 15.7. The van der Waals surface area contributed by atoms with Gasteiger partial charge in [0.2, 0.25) is 0 Å². The van der Waals surface area contributed by atoms with E-state index in [1.165, 1.54) is 0 Å². The number of amides is 2. The van der Waals surface area contributed by atoms with Crippen LogP contribution in [0.2, 0.25) is 0 Å². The molecule has 2 saturated heterocycles. The second-order valence-corrected chi connectivity index (χ2v) is 6.02. The number of hydrogen-bond donors (Lipinski definition) is 0. The minimum Gasteiger partial charge on any atom is -0.447 e. The molecule has 2 fully saturated rings. The Hall–Kier alpha value is -2.86. The van der Waals surface area contributed by atoms with Gasteiger partial charge in [-0.25, -0.2) is 14.8 Å². The lowest BCUT2D eigenvalue weighted by Gasteiger charge is -2.25. The first-order valence-corrected chi connectivity index (χ1v) is 8.28. The van der Waals surface area contributed by atoms with Gasteiger partial charge in [-0.15, -0.1) is 0 Å². The van der Waals surface area contributed by atoms with Crippen molar-refractivity contribution < 1.29 is 19.2 Å². The minimum absolute atomic E-state index is 0.101. The molecule has 0 saturated carbocycles. The second-order valence-electron chi connectivity index (χ2n) is 6.02. The van der Waals surface area contributed by atoms with Crippen molar-refractivity contribution in [1.29, 1.82) is 0 Å². The molecule has 0 bridgehead atoms. The second kappa shape index (κ2) is 6.57. The van der Waals surface area contributed by atoms with Gasteiger partial charge in [-0.3, -0.25) is 9.63 Å². The molecule has 0 aliphatic carbocycles. The molecule has 2 aliphatic rings. The number of rotatable bonds is 3. The van der Waals surface area contributed by atoms with Crippen LogP contribution in [0.1, 0.15) is 18.0 Å². The third kappa shape index (κ3) is 2.96. The Morgan fingerprint density at radius 3 is 2.32 bits per heavy atom. The molecule has 0 unspecified atom stereocenters. The molecule has 0 N–H and O–H groups in total. The van der Waals surface area contributed by atoms with Crippen molar-refractivity contribution in [1.82, 2.24) is 4.90 Å². The Bertz CT molecular complexity index is 718. The molecule has 0 radical (unpaired) electrons. The third-order valence-electron chi connectivity index (χ3n) is 4.46. The highest BCUT2D eigenvalue weighted by Gasteiger charge is 2.43. The fourth-order valence-electron chi connectivity index (χ4n) is 3.23. The van der Waals surface area contributed by atoms with E-state index in [4.69, 9.17) is 9.57 Å². The van der Waals surface area contributed by atoms with E-state index in [2.05, 4.69) is 0 Å². The van der Waals surface area contributed by atoms with Crippen molar-refractivity contribution in [2.45, 2.75) is 18.6 Å². The zero-order valence-corrected chi connectivity index (χ0v) is 13.6. The molecule has 2 atom stereocenters. The molecule has 25 heavy (non-hydrogen) atoms. The number of hydroxylamine groups is 1. The summed E-state index contributed by atoms with van der Waals surface area (Å²) >= 11 is 0. The van der Waals surface area contributed by atoms with Gasteiger partial charge in [0, 0.05) is 6.42 Å². The third-order valence-corrected chi connectivity index (χ3v) is 4.46. The minimum atomic E-state index is -0.712. The maximum Gasteiger partial charge on any atom is 0.416 e. The highest BCUT2D eigenvalue weighted by molar-refractivity contribution is 5.95. The van der Waals surface area contributed by atoms with Gasteiger partial charge in [0.1, 0.15) is 6.61 Å². The predicted molar refractivity (Wildman–Crippen MR) is 90.7 cm³/mol. The zero-order chi connectivity index (χ0) is 17.2. The number of benzene rings is 2. The van der Waals surface area contributed by atoms with Gasteiger partial charge >= 0.3 is 6.09 Å². The normalized spacial score (nSPS) is 23.0. The number of hydrogen-bond acceptors (Lipinski definition) is 5. The SMILES string of the molecule is O=C1OCCN1C(=O)[C@@H]1C[C@@H](c2ccccc2)N(c2ccccc2)O1. The summed E-state index contributed by atoms with van der Waals surface area (Å²) in [6.07, 6.45) is -0.833. The first-order valence-electron chi connectivity index (χ1n) is 8.28. The van der Waals surface area contributed by atoms with E-state index in [9.17, 15) is 9.59 Å². The topological polar surface area (TPSA) is 59.1 Å². The van der Waals surface area contributed by atoms with Crippen molar-refractivity contribution in [3.8, 4) is 0 Å². The van der Waals surface area contributed by atoms with E-state index in [1.807, 2.05) is 60.7 Å². The van der Waals surface area contributed by atoms with E-state index in [-0.39, 0.29) is 25.1 Å². The Morgan fingerprint density at radius 2 is 1.68 bits per heavy atom. The number of carbonyl (C=O) groups excluding carboxylic acids is 2.